The molecule has 0 bridgehead atoms. The van der Waals surface area contributed by atoms with Gasteiger partial charge in [-0.15, -0.1) is 11.8 Å². The molecule has 2 rings (SSSR count). The summed E-state index contributed by atoms with van der Waals surface area (Å²) in [6.07, 6.45) is -1.44. The zero-order chi connectivity index (χ0) is 13.7. The predicted octanol–water partition coefficient (Wildman–Crippen LogP) is 2.97. The van der Waals surface area contributed by atoms with E-state index in [0.29, 0.717) is 0 Å². The van der Waals surface area contributed by atoms with Crippen LogP contribution in [0.2, 0.25) is 0 Å². The van der Waals surface area contributed by atoms with Crippen molar-refractivity contribution in [3.8, 4) is 0 Å². The van der Waals surface area contributed by atoms with Crippen LogP contribution in [0.1, 0.15) is 10.8 Å². The summed E-state index contributed by atoms with van der Waals surface area (Å²) in [5.74, 6) is -1.21. The smallest absolute Gasteiger partial charge is 0.334 e. The number of benzene rings is 2. The van der Waals surface area contributed by atoms with Gasteiger partial charge in [-0.2, -0.15) is 0 Å². The van der Waals surface area contributed by atoms with E-state index in [1.54, 1.807) is 0 Å². The first-order valence-corrected chi connectivity index (χ1v) is 6.74. The molecule has 0 saturated carbocycles. The first-order valence-electron chi connectivity index (χ1n) is 5.86. The van der Waals surface area contributed by atoms with E-state index in [9.17, 15) is 9.90 Å². The fourth-order valence-electron chi connectivity index (χ4n) is 1.73. The number of hydrogen-bond donors (Lipinski definition) is 2. The highest BCUT2D eigenvalue weighted by molar-refractivity contribution is 7.99. The van der Waals surface area contributed by atoms with Crippen molar-refractivity contribution in [1.29, 1.82) is 0 Å². The van der Waals surface area contributed by atoms with E-state index < -0.39 is 17.3 Å². The highest BCUT2D eigenvalue weighted by Gasteiger charge is 2.28. The third-order valence-electron chi connectivity index (χ3n) is 2.67. The van der Waals surface area contributed by atoms with Gasteiger partial charge in [-0.05, 0) is 17.7 Å². The molecule has 0 fully saturated rings. The quantitative estimate of drug-likeness (QED) is 0.823. The number of carboxylic acid groups (broad SMARTS) is 1. The molecule has 2 aromatic carbocycles. The molecule has 0 aliphatic heterocycles. The molecular formula is C15H14O3S. The van der Waals surface area contributed by atoms with Crippen LogP contribution in [0.4, 0.5) is 0 Å². The summed E-state index contributed by atoms with van der Waals surface area (Å²) in [6.45, 7) is 0. The van der Waals surface area contributed by atoms with E-state index in [0.717, 1.165) is 10.5 Å². The van der Waals surface area contributed by atoms with E-state index in [4.69, 9.17) is 5.11 Å². The number of aliphatic hydroxyl groups excluding tert-OH is 1. The molecule has 19 heavy (non-hydrogen) atoms. The van der Waals surface area contributed by atoms with Gasteiger partial charge < -0.3 is 10.2 Å². The van der Waals surface area contributed by atoms with Crippen molar-refractivity contribution >= 4 is 17.7 Å². The van der Waals surface area contributed by atoms with Gasteiger partial charge in [-0.25, -0.2) is 4.79 Å². The average molecular weight is 274 g/mol. The molecule has 0 aliphatic carbocycles. The summed E-state index contributed by atoms with van der Waals surface area (Å²) in [5, 5.41) is 18.4. The molecule has 0 aromatic heterocycles. The van der Waals surface area contributed by atoms with Gasteiger partial charge >= 0.3 is 5.97 Å². The topological polar surface area (TPSA) is 57.5 Å². The van der Waals surface area contributed by atoms with Crippen molar-refractivity contribution in [2.75, 3.05) is 0 Å². The molecule has 0 heterocycles. The summed E-state index contributed by atoms with van der Waals surface area (Å²) in [7, 11) is 0. The van der Waals surface area contributed by atoms with Crippen LogP contribution >= 0.6 is 11.8 Å². The Labute approximate surface area is 115 Å². The zero-order valence-corrected chi connectivity index (χ0v) is 11.0. The lowest BCUT2D eigenvalue weighted by Crippen LogP contribution is -2.25. The van der Waals surface area contributed by atoms with Crippen LogP contribution in [-0.4, -0.2) is 22.3 Å². The molecule has 98 valence electrons. The molecule has 0 saturated heterocycles. The SMILES string of the molecule is O=C(O)[C@H](O)[C@H](Sc1ccccc1)c1ccccc1. The second kappa shape index (κ2) is 6.41. The number of carboxylic acids is 1. The Kier molecular flexibility index (Phi) is 4.60. The van der Waals surface area contributed by atoms with Crippen LogP contribution < -0.4 is 0 Å². The summed E-state index contributed by atoms with van der Waals surface area (Å²) in [6, 6.07) is 18.7. The largest absolute Gasteiger partial charge is 0.479 e. The Morgan fingerprint density at radius 3 is 2.00 bits per heavy atom. The second-order valence-electron chi connectivity index (χ2n) is 4.05. The van der Waals surface area contributed by atoms with Crippen LogP contribution in [0.15, 0.2) is 65.6 Å². The van der Waals surface area contributed by atoms with Gasteiger partial charge in [0, 0.05) is 4.90 Å². The van der Waals surface area contributed by atoms with Gasteiger partial charge in [-0.3, -0.25) is 0 Å². The second-order valence-corrected chi connectivity index (χ2v) is 5.26. The van der Waals surface area contributed by atoms with Crippen LogP contribution in [0.25, 0.3) is 0 Å². The highest BCUT2D eigenvalue weighted by atomic mass is 32.2. The van der Waals surface area contributed by atoms with Crippen LogP contribution in [0.5, 0.6) is 0 Å². The normalized spacial score (nSPS) is 13.7. The minimum Gasteiger partial charge on any atom is -0.479 e. The van der Waals surface area contributed by atoms with Crippen LogP contribution in [0, 0.1) is 0 Å². The molecule has 4 heteroatoms. The van der Waals surface area contributed by atoms with Crippen LogP contribution in [0.3, 0.4) is 0 Å². The Morgan fingerprint density at radius 2 is 1.47 bits per heavy atom. The number of aliphatic carboxylic acids is 1. The van der Waals surface area contributed by atoms with E-state index in [2.05, 4.69) is 0 Å². The summed E-state index contributed by atoms with van der Waals surface area (Å²) in [4.78, 5) is 12.0. The lowest BCUT2D eigenvalue weighted by molar-refractivity contribution is -0.146. The van der Waals surface area contributed by atoms with Crippen molar-refractivity contribution in [3.63, 3.8) is 0 Å². The molecule has 0 aliphatic rings. The van der Waals surface area contributed by atoms with Gasteiger partial charge in [0.05, 0.1) is 5.25 Å². The summed E-state index contributed by atoms with van der Waals surface area (Å²) in [5.41, 5.74) is 0.797. The zero-order valence-electron chi connectivity index (χ0n) is 10.1. The third-order valence-corrected chi connectivity index (χ3v) is 4.00. The minimum absolute atomic E-state index is 0.527. The molecule has 0 unspecified atom stereocenters. The Balaban J connectivity index is 2.27. The standard InChI is InChI=1S/C15H14O3S/c16-13(15(17)18)14(11-7-3-1-4-8-11)19-12-9-5-2-6-10-12/h1-10,13-14,16H,(H,17,18)/t13-,14-/m1/s1. The molecular weight excluding hydrogens is 260 g/mol. The molecule has 2 N–H and O–H groups in total. The maximum absolute atomic E-state index is 11.0. The van der Waals surface area contributed by atoms with E-state index in [1.165, 1.54) is 11.8 Å². The highest BCUT2D eigenvalue weighted by Crippen LogP contribution is 2.37. The van der Waals surface area contributed by atoms with Crippen molar-refractivity contribution < 1.29 is 15.0 Å². The maximum atomic E-state index is 11.0. The number of rotatable bonds is 5. The predicted molar refractivity (Wildman–Crippen MR) is 75.1 cm³/mol. The lowest BCUT2D eigenvalue weighted by Gasteiger charge is -2.20. The first-order chi connectivity index (χ1) is 9.18. The van der Waals surface area contributed by atoms with E-state index >= 15 is 0 Å². The van der Waals surface area contributed by atoms with Crippen molar-refractivity contribution in [3.05, 3.63) is 66.2 Å². The molecule has 2 atom stereocenters. The van der Waals surface area contributed by atoms with Gasteiger partial charge in [-0.1, -0.05) is 48.5 Å². The number of thioether (sulfide) groups is 1. The van der Waals surface area contributed by atoms with Crippen molar-refractivity contribution in [2.45, 2.75) is 16.2 Å². The maximum Gasteiger partial charge on any atom is 0.334 e. The number of carbonyl (C=O) groups is 1. The molecule has 0 amide bonds. The fraction of sp³-hybridized carbons (Fsp3) is 0.133. The van der Waals surface area contributed by atoms with E-state index in [1.807, 2.05) is 60.7 Å². The lowest BCUT2D eigenvalue weighted by atomic mass is 10.1. The molecule has 3 nitrogen and oxygen atoms in total. The summed E-state index contributed by atoms with van der Waals surface area (Å²) < 4.78 is 0. The van der Waals surface area contributed by atoms with Gasteiger partial charge in [0.15, 0.2) is 6.10 Å². The monoisotopic (exact) mass is 274 g/mol. The van der Waals surface area contributed by atoms with Gasteiger partial charge in [0.25, 0.3) is 0 Å². The average Bonchev–Trinajstić information content (AvgIpc) is 2.46. The Hall–Kier alpha value is -1.78. The summed E-state index contributed by atoms with van der Waals surface area (Å²) >= 11 is 1.35. The first kappa shape index (κ1) is 13.6. The Morgan fingerprint density at radius 1 is 0.947 bits per heavy atom. The third kappa shape index (κ3) is 3.59. The number of aliphatic hydroxyl groups is 1. The fourth-order valence-corrected chi connectivity index (χ4v) is 2.88. The number of hydrogen-bond acceptors (Lipinski definition) is 3. The Bertz CT molecular complexity index is 528. The van der Waals surface area contributed by atoms with Crippen LogP contribution in [-0.2, 0) is 4.79 Å². The van der Waals surface area contributed by atoms with E-state index in [-0.39, 0.29) is 0 Å². The van der Waals surface area contributed by atoms with Crippen molar-refractivity contribution in [1.82, 2.24) is 0 Å². The molecule has 2 aromatic rings. The molecule has 0 radical (unpaired) electrons. The minimum atomic E-state index is -1.44. The van der Waals surface area contributed by atoms with Gasteiger partial charge in [0.2, 0.25) is 0 Å². The molecule has 0 spiro atoms. The van der Waals surface area contributed by atoms with Gasteiger partial charge in [0.1, 0.15) is 0 Å². The van der Waals surface area contributed by atoms with Crippen molar-refractivity contribution in [2.24, 2.45) is 0 Å².